The Labute approximate surface area is 237 Å². The largest absolute Gasteiger partial charge is 0.497 e. The molecule has 0 aromatic heterocycles. The van der Waals surface area contributed by atoms with Crippen LogP contribution in [-0.2, 0) is 20.2 Å². The molecule has 0 aliphatic carbocycles. The molecule has 0 aliphatic rings. The molecule has 38 heavy (non-hydrogen) atoms. The molecule has 0 N–H and O–H groups in total. The maximum atomic E-state index is 7.10. The quantitative estimate of drug-likeness (QED) is 0.132. The zero-order chi connectivity index (χ0) is 29.1. The zero-order valence-electron chi connectivity index (χ0n) is 26.5. The first kappa shape index (κ1) is 34.8. The fourth-order valence-electron chi connectivity index (χ4n) is 4.68. The molecule has 1 aromatic rings. The highest BCUT2D eigenvalue weighted by atomic mass is 28.4. The summed E-state index contributed by atoms with van der Waals surface area (Å²) in [6, 6.07) is 11.4. The standard InChI is InChI=1S/C32H58O4Si2/c1-14-19-30(36-38(16-3,17-4)18-5)31(34-24-27-20-22-28(33-11)23-21-27)26(7)25(6)29(15-2)35-37(12,13)32(8,9)10/h14,20-23,26,29-31H,1,6,15-19,24H2,2-5,7-13H3/t26-,29-,30+,31-/m1/s1. The van der Waals surface area contributed by atoms with E-state index in [0.29, 0.717) is 6.61 Å². The normalized spacial score (nSPS) is 16.0. The molecule has 0 heterocycles. The number of hydrogen-bond acceptors (Lipinski definition) is 4. The predicted octanol–water partition coefficient (Wildman–Crippen LogP) is 9.54. The van der Waals surface area contributed by atoms with Gasteiger partial charge in [0, 0.05) is 5.92 Å². The van der Waals surface area contributed by atoms with Crippen molar-refractivity contribution in [1.29, 1.82) is 0 Å². The first-order chi connectivity index (χ1) is 17.7. The maximum Gasteiger partial charge on any atom is 0.192 e. The molecule has 6 heteroatoms. The highest BCUT2D eigenvalue weighted by molar-refractivity contribution is 6.74. The lowest BCUT2D eigenvalue weighted by Gasteiger charge is -2.43. The molecule has 0 fully saturated rings. The van der Waals surface area contributed by atoms with Crippen molar-refractivity contribution in [3.8, 4) is 5.75 Å². The maximum absolute atomic E-state index is 7.10. The summed E-state index contributed by atoms with van der Waals surface area (Å²) in [5.74, 6) is 0.906. The first-order valence-electron chi connectivity index (χ1n) is 14.6. The number of ether oxygens (including phenoxy) is 2. The average Bonchev–Trinajstić information content (AvgIpc) is 2.89. The van der Waals surface area contributed by atoms with Gasteiger partial charge in [0.25, 0.3) is 0 Å². The summed E-state index contributed by atoms with van der Waals surface area (Å²) in [5, 5.41) is 0.136. The number of rotatable bonds is 18. The van der Waals surface area contributed by atoms with Crippen LogP contribution in [0.4, 0.5) is 0 Å². The summed E-state index contributed by atoms with van der Waals surface area (Å²) >= 11 is 0. The van der Waals surface area contributed by atoms with Crippen molar-refractivity contribution >= 4 is 16.6 Å². The number of benzene rings is 1. The fourth-order valence-corrected chi connectivity index (χ4v) is 8.94. The molecule has 0 radical (unpaired) electrons. The summed E-state index contributed by atoms with van der Waals surface area (Å²) in [6.45, 7) is 32.0. The van der Waals surface area contributed by atoms with E-state index >= 15 is 0 Å². The molecular weight excluding hydrogens is 505 g/mol. The molecule has 4 nitrogen and oxygen atoms in total. The lowest BCUT2D eigenvalue weighted by molar-refractivity contribution is -0.0613. The van der Waals surface area contributed by atoms with Gasteiger partial charge >= 0.3 is 0 Å². The van der Waals surface area contributed by atoms with Crippen molar-refractivity contribution < 1.29 is 18.3 Å². The van der Waals surface area contributed by atoms with Crippen molar-refractivity contribution in [1.82, 2.24) is 0 Å². The van der Waals surface area contributed by atoms with Crippen LogP contribution in [0.3, 0.4) is 0 Å². The van der Waals surface area contributed by atoms with E-state index in [9.17, 15) is 0 Å². The molecule has 0 saturated heterocycles. The van der Waals surface area contributed by atoms with Crippen molar-refractivity contribution in [3.05, 3.63) is 54.6 Å². The molecule has 218 valence electrons. The van der Waals surface area contributed by atoms with E-state index in [1.165, 1.54) is 0 Å². The SMILES string of the molecule is C=CC[C@H](O[Si](CC)(CC)CC)[C@H](OCc1ccc(OC)cc1)[C@H](C)C(=C)[C@@H](CC)O[Si](C)(C)C(C)(C)C. The van der Waals surface area contributed by atoms with Gasteiger partial charge in [0.1, 0.15) is 5.75 Å². The molecule has 0 amide bonds. The summed E-state index contributed by atoms with van der Waals surface area (Å²) in [6.07, 6.45) is 3.39. The van der Waals surface area contributed by atoms with E-state index in [-0.39, 0.29) is 29.3 Å². The summed E-state index contributed by atoms with van der Waals surface area (Å²) in [7, 11) is -2.16. The minimum Gasteiger partial charge on any atom is -0.497 e. The first-order valence-corrected chi connectivity index (χ1v) is 20.1. The zero-order valence-corrected chi connectivity index (χ0v) is 28.5. The molecular formula is C32H58O4Si2. The third kappa shape index (κ3) is 9.48. The summed E-state index contributed by atoms with van der Waals surface area (Å²) in [5.41, 5.74) is 2.21. The van der Waals surface area contributed by atoms with Gasteiger partial charge in [0.15, 0.2) is 16.6 Å². The van der Waals surface area contributed by atoms with Gasteiger partial charge in [-0.25, -0.2) is 0 Å². The molecule has 1 aromatic carbocycles. The van der Waals surface area contributed by atoms with Crippen molar-refractivity contribution in [2.75, 3.05) is 7.11 Å². The van der Waals surface area contributed by atoms with E-state index in [2.05, 4.69) is 93.8 Å². The van der Waals surface area contributed by atoms with Gasteiger partial charge in [0.05, 0.1) is 32.0 Å². The van der Waals surface area contributed by atoms with E-state index in [0.717, 1.165) is 47.9 Å². The van der Waals surface area contributed by atoms with Crippen LogP contribution in [0.5, 0.6) is 5.75 Å². The van der Waals surface area contributed by atoms with Crippen LogP contribution in [0.2, 0.25) is 36.3 Å². The lowest BCUT2D eigenvalue weighted by Crippen LogP contribution is -2.48. The average molecular weight is 563 g/mol. The number of hydrogen-bond donors (Lipinski definition) is 0. The minimum absolute atomic E-state index is 0.00659. The van der Waals surface area contributed by atoms with E-state index in [1.807, 2.05) is 18.2 Å². The van der Waals surface area contributed by atoms with Crippen LogP contribution in [-0.4, -0.2) is 42.1 Å². The van der Waals surface area contributed by atoms with Crippen LogP contribution in [0, 0.1) is 5.92 Å². The lowest BCUT2D eigenvalue weighted by atomic mass is 9.87. The van der Waals surface area contributed by atoms with Crippen LogP contribution in [0.25, 0.3) is 0 Å². The summed E-state index contributed by atoms with van der Waals surface area (Å²) < 4.78 is 26.1. The van der Waals surface area contributed by atoms with Gasteiger partial charge in [-0.15, -0.1) is 6.58 Å². The van der Waals surface area contributed by atoms with E-state index in [4.69, 9.17) is 18.3 Å². The molecule has 0 saturated carbocycles. The van der Waals surface area contributed by atoms with Gasteiger partial charge in [-0.2, -0.15) is 0 Å². The Kier molecular flexibility index (Phi) is 14.3. The topological polar surface area (TPSA) is 36.9 Å². The van der Waals surface area contributed by atoms with Crippen LogP contribution >= 0.6 is 0 Å². The Morgan fingerprint density at radius 2 is 1.53 bits per heavy atom. The molecule has 1 rings (SSSR count). The summed E-state index contributed by atoms with van der Waals surface area (Å²) in [4.78, 5) is 0. The minimum atomic E-state index is -1.96. The second kappa shape index (κ2) is 15.6. The van der Waals surface area contributed by atoms with Crippen LogP contribution in [0.15, 0.2) is 49.1 Å². The van der Waals surface area contributed by atoms with Crippen molar-refractivity contribution in [3.63, 3.8) is 0 Å². The molecule has 0 spiro atoms. The Bertz CT molecular complexity index is 832. The van der Waals surface area contributed by atoms with Gasteiger partial charge in [-0.05, 0) is 72.4 Å². The van der Waals surface area contributed by atoms with Gasteiger partial charge in [-0.1, -0.05) is 80.2 Å². The molecule has 4 atom stereocenters. The van der Waals surface area contributed by atoms with Gasteiger partial charge in [0.2, 0.25) is 0 Å². The third-order valence-electron chi connectivity index (χ3n) is 8.81. The van der Waals surface area contributed by atoms with Crippen LogP contribution < -0.4 is 4.74 Å². The number of methoxy groups -OCH3 is 1. The van der Waals surface area contributed by atoms with Crippen LogP contribution in [0.1, 0.15) is 73.8 Å². The highest BCUT2D eigenvalue weighted by Crippen LogP contribution is 2.40. The Morgan fingerprint density at radius 1 is 0.974 bits per heavy atom. The van der Waals surface area contributed by atoms with Crippen molar-refractivity contribution in [2.45, 2.75) is 129 Å². The molecule has 0 bridgehead atoms. The molecule has 0 aliphatic heterocycles. The van der Waals surface area contributed by atoms with E-state index in [1.54, 1.807) is 7.11 Å². The predicted molar refractivity (Wildman–Crippen MR) is 169 cm³/mol. The van der Waals surface area contributed by atoms with Gasteiger partial charge in [-0.3, -0.25) is 0 Å². The third-order valence-corrected chi connectivity index (χ3v) is 18.0. The Hall–Kier alpha value is -1.19. The second-order valence-electron chi connectivity index (χ2n) is 12.2. The monoisotopic (exact) mass is 562 g/mol. The van der Waals surface area contributed by atoms with Gasteiger partial charge < -0.3 is 18.3 Å². The second-order valence-corrected chi connectivity index (χ2v) is 21.7. The Morgan fingerprint density at radius 3 is 1.95 bits per heavy atom. The van der Waals surface area contributed by atoms with E-state index < -0.39 is 16.6 Å². The fraction of sp³-hybridized carbons (Fsp3) is 0.688. The Balaban J connectivity index is 3.37. The smallest absolute Gasteiger partial charge is 0.192 e. The van der Waals surface area contributed by atoms with Crippen molar-refractivity contribution in [2.24, 2.45) is 5.92 Å². The molecule has 0 unspecified atom stereocenters. The highest BCUT2D eigenvalue weighted by Gasteiger charge is 2.42.